The number of carbonyl (C=O) groups is 1. The van der Waals surface area contributed by atoms with Crippen molar-refractivity contribution in [2.45, 2.75) is 46.5 Å². The minimum atomic E-state index is -0.344. The van der Waals surface area contributed by atoms with Gasteiger partial charge in [-0.25, -0.2) is 0 Å². The van der Waals surface area contributed by atoms with Crippen LogP contribution in [-0.4, -0.2) is 5.78 Å². The lowest BCUT2D eigenvalue weighted by molar-refractivity contribution is -0.144. The van der Waals surface area contributed by atoms with Crippen molar-refractivity contribution in [2.75, 3.05) is 0 Å². The van der Waals surface area contributed by atoms with E-state index in [1.807, 2.05) is 19.1 Å². The van der Waals surface area contributed by atoms with Crippen LogP contribution in [0.4, 0.5) is 0 Å². The molecule has 1 nitrogen and oxygen atoms in total. The topological polar surface area (TPSA) is 17.1 Å². The molecule has 0 aliphatic heterocycles. The number of rotatable bonds is 5. The van der Waals surface area contributed by atoms with E-state index in [9.17, 15) is 4.79 Å². The average molecular weight is 246 g/mol. The molecule has 100 valence electrons. The lowest BCUT2D eigenvalue weighted by atomic mass is 9.54. The van der Waals surface area contributed by atoms with Gasteiger partial charge in [-0.3, -0.25) is 4.79 Å². The molecule has 0 radical (unpaired) electrons. The zero-order valence-electron chi connectivity index (χ0n) is 12.1. The van der Waals surface area contributed by atoms with Gasteiger partial charge in [0.2, 0.25) is 0 Å². The fourth-order valence-electron chi connectivity index (χ4n) is 3.58. The number of hydrogen-bond acceptors (Lipinski definition) is 1. The molecule has 0 aromatic carbocycles. The fourth-order valence-corrected chi connectivity index (χ4v) is 3.58. The van der Waals surface area contributed by atoms with Crippen LogP contribution in [0.1, 0.15) is 46.5 Å². The number of Topliss-reactive ketones (excluding diaryl/α,β-unsaturated/α-hetero) is 1. The molecule has 0 aromatic rings. The summed E-state index contributed by atoms with van der Waals surface area (Å²) in [5, 5.41) is 0. The Labute approximate surface area is 112 Å². The molecule has 3 atom stereocenters. The summed E-state index contributed by atoms with van der Waals surface area (Å²) in [6, 6.07) is 0. The maximum Gasteiger partial charge on any atom is 0.145 e. The van der Waals surface area contributed by atoms with Crippen LogP contribution < -0.4 is 0 Å². The highest BCUT2D eigenvalue weighted by molar-refractivity contribution is 5.91. The molecule has 0 bridgehead atoms. The molecule has 0 aromatic heterocycles. The third kappa shape index (κ3) is 2.36. The molecular formula is C17H26O. The average Bonchev–Trinajstić information content (AvgIpc) is 2.27. The Balaban J connectivity index is 3.17. The number of carbonyl (C=O) groups excluding carboxylic acids is 1. The summed E-state index contributed by atoms with van der Waals surface area (Å²) in [7, 11) is 0. The van der Waals surface area contributed by atoms with Gasteiger partial charge in [0, 0.05) is 10.8 Å². The molecule has 0 heterocycles. The van der Waals surface area contributed by atoms with Crippen molar-refractivity contribution in [1.82, 2.24) is 0 Å². The molecule has 0 saturated heterocycles. The zero-order chi connectivity index (χ0) is 14.0. The smallest absolute Gasteiger partial charge is 0.145 e. The summed E-state index contributed by atoms with van der Waals surface area (Å²) in [5.41, 5.74) is 0.517. The standard InChI is InChI=1S/C17H26O/c1-7-10-16(5)12-9-14(13(3)4)17(6,11-8-2)15(16)18/h7-8,14H,1-3,9-12H2,4-6H3/t14-,16-,17-/m0/s1. The van der Waals surface area contributed by atoms with E-state index >= 15 is 0 Å². The summed E-state index contributed by atoms with van der Waals surface area (Å²) in [4.78, 5) is 12.9. The van der Waals surface area contributed by atoms with E-state index in [4.69, 9.17) is 0 Å². The molecule has 0 N–H and O–H groups in total. The highest BCUT2D eigenvalue weighted by Crippen LogP contribution is 2.52. The van der Waals surface area contributed by atoms with Crippen LogP contribution in [0.2, 0.25) is 0 Å². The normalized spacial score (nSPS) is 36.2. The summed E-state index contributed by atoms with van der Waals surface area (Å²) in [6.07, 6.45) is 7.20. The Kier molecular flexibility index (Phi) is 4.37. The van der Waals surface area contributed by atoms with Gasteiger partial charge in [0.15, 0.2) is 0 Å². The Morgan fingerprint density at radius 2 is 1.89 bits per heavy atom. The van der Waals surface area contributed by atoms with Gasteiger partial charge in [-0.1, -0.05) is 38.2 Å². The largest absolute Gasteiger partial charge is 0.298 e. The lowest BCUT2D eigenvalue weighted by Gasteiger charge is -2.48. The first-order valence-electron chi connectivity index (χ1n) is 6.74. The summed E-state index contributed by atoms with van der Waals surface area (Å²) >= 11 is 0. The lowest BCUT2D eigenvalue weighted by Crippen LogP contribution is -2.49. The molecule has 1 aliphatic carbocycles. The second kappa shape index (κ2) is 5.26. The van der Waals surface area contributed by atoms with Crippen LogP contribution >= 0.6 is 0 Å². The first-order chi connectivity index (χ1) is 8.31. The van der Waals surface area contributed by atoms with Gasteiger partial charge in [0.1, 0.15) is 5.78 Å². The molecule has 1 heteroatoms. The van der Waals surface area contributed by atoms with Crippen molar-refractivity contribution in [1.29, 1.82) is 0 Å². The van der Waals surface area contributed by atoms with Crippen LogP contribution in [0.5, 0.6) is 0 Å². The highest BCUT2D eigenvalue weighted by Gasteiger charge is 2.51. The third-order valence-corrected chi connectivity index (χ3v) is 4.58. The van der Waals surface area contributed by atoms with Crippen molar-refractivity contribution in [2.24, 2.45) is 16.7 Å². The molecule has 0 amide bonds. The molecule has 1 saturated carbocycles. The Morgan fingerprint density at radius 1 is 1.33 bits per heavy atom. The van der Waals surface area contributed by atoms with E-state index in [0.717, 1.165) is 31.3 Å². The van der Waals surface area contributed by atoms with Crippen molar-refractivity contribution in [3.05, 3.63) is 37.5 Å². The summed E-state index contributed by atoms with van der Waals surface area (Å²) in [5.74, 6) is 0.634. The molecule has 18 heavy (non-hydrogen) atoms. The van der Waals surface area contributed by atoms with Gasteiger partial charge in [-0.15, -0.1) is 13.2 Å². The Morgan fingerprint density at radius 3 is 2.33 bits per heavy atom. The van der Waals surface area contributed by atoms with E-state index in [1.165, 1.54) is 0 Å². The van der Waals surface area contributed by atoms with Gasteiger partial charge in [0.25, 0.3) is 0 Å². The van der Waals surface area contributed by atoms with Gasteiger partial charge in [-0.05, 0) is 38.5 Å². The van der Waals surface area contributed by atoms with E-state index in [1.54, 1.807) is 0 Å². The first kappa shape index (κ1) is 14.9. The van der Waals surface area contributed by atoms with Crippen molar-refractivity contribution >= 4 is 5.78 Å². The van der Waals surface area contributed by atoms with E-state index in [0.29, 0.717) is 5.78 Å². The second-order valence-corrected chi connectivity index (χ2v) is 6.23. The monoisotopic (exact) mass is 246 g/mol. The van der Waals surface area contributed by atoms with Gasteiger partial charge in [0.05, 0.1) is 0 Å². The first-order valence-corrected chi connectivity index (χ1v) is 6.74. The predicted molar refractivity (Wildman–Crippen MR) is 78.4 cm³/mol. The van der Waals surface area contributed by atoms with E-state index in [-0.39, 0.29) is 16.7 Å². The van der Waals surface area contributed by atoms with Crippen LogP contribution in [0.15, 0.2) is 37.5 Å². The predicted octanol–water partition coefficient (Wildman–Crippen LogP) is 4.71. The molecular weight excluding hydrogens is 220 g/mol. The number of allylic oxidation sites excluding steroid dienone is 3. The van der Waals surface area contributed by atoms with Gasteiger partial charge < -0.3 is 0 Å². The summed E-state index contributed by atoms with van der Waals surface area (Å²) in [6.45, 7) is 17.9. The molecule has 0 spiro atoms. The molecule has 0 unspecified atom stereocenters. The maximum absolute atomic E-state index is 12.9. The Hall–Kier alpha value is -1.11. The van der Waals surface area contributed by atoms with Crippen molar-refractivity contribution in [3.8, 4) is 0 Å². The van der Waals surface area contributed by atoms with Crippen LogP contribution in [0.3, 0.4) is 0 Å². The SMILES string of the molecule is C=CC[C@@]1(C)CC[C@@H](C(=C)C)[C@](C)(CC=C)C1=O. The maximum atomic E-state index is 12.9. The number of hydrogen-bond donors (Lipinski definition) is 0. The Bertz CT molecular complexity index is 379. The van der Waals surface area contributed by atoms with Gasteiger partial charge in [-0.2, -0.15) is 0 Å². The van der Waals surface area contributed by atoms with Crippen molar-refractivity contribution in [3.63, 3.8) is 0 Å². The molecule has 1 rings (SSSR count). The second-order valence-electron chi connectivity index (χ2n) is 6.23. The van der Waals surface area contributed by atoms with Crippen LogP contribution in [-0.2, 0) is 4.79 Å². The van der Waals surface area contributed by atoms with Crippen molar-refractivity contribution < 1.29 is 4.79 Å². The number of ketones is 1. The van der Waals surface area contributed by atoms with Crippen LogP contribution in [0.25, 0.3) is 0 Å². The quantitative estimate of drug-likeness (QED) is 0.642. The minimum Gasteiger partial charge on any atom is -0.298 e. The van der Waals surface area contributed by atoms with Crippen LogP contribution in [0, 0.1) is 16.7 Å². The van der Waals surface area contributed by atoms with Gasteiger partial charge >= 0.3 is 0 Å². The zero-order valence-corrected chi connectivity index (χ0v) is 12.1. The fraction of sp³-hybridized carbons (Fsp3) is 0.588. The molecule has 1 aliphatic rings. The molecule has 1 fully saturated rings. The summed E-state index contributed by atoms with van der Waals surface area (Å²) < 4.78 is 0. The van der Waals surface area contributed by atoms with E-state index in [2.05, 4.69) is 33.6 Å². The van der Waals surface area contributed by atoms with E-state index < -0.39 is 0 Å². The third-order valence-electron chi connectivity index (χ3n) is 4.58. The highest BCUT2D eigenvalue weighted by atomic mass is 16.1. The minimum absolute atomic E-state index is 0.258.